The van der Waals surface area contributed by atoms with E-state index in [-0.39, 0.29) is 5.15 Å². The van der Waals surface area contributed by atoms with Gasteiger partial charge < -0.3 is 24.6 Å². The monoisotopic (exact) mass is 377 g/mol. The van der Waals surface area contributed by atoms with Gasteiger partial charge in [-0.1, -0.05) is 11.6 Å². The molecule has 114 valence electrons. The maximum atomic E-state index is 10.5. The zero-order valence-corrected chi connectivity index (χ0v) is 13.3. The van der Waals surface area contributed by atoms with E-state index in [0.717, 1.165) is 0 Å². The van der Waals surface area contributed by atoms with Crippen molar-refractivity contribution >= 4 is 38.6 Å². The minimum absolute atomic E-state index is 0.266. The van der Waals surface area contributed by atoms with Crippen LogP contribution in [-0.2, 0) is 4.74 Å². The number of aromatic nitrogens is 3. The van der Waals surface area contributed by atoms with Crippen molar-refractivity contribution in [3.63, 3.8) is 0 Å². The molecule has 0 saturated carbocycles. The van der Waals surface area contributed by atoms with Crippen molar-refractivity contribution in [2.45, 2.75) is 31.0 Å². The summed E-state index contributed by atoms with van der Waals surface area (Å²) in [4.78, 5) is 8.06. The van der Waals surface area contributed by atoms with Crippen LogP contribution in [0.1, 0.15) is 13.2 Å². The summed E-state index contributed by atoms with van der Waals surface area (Å²) in [6, 6.07) is 0. The lowest BCUT2D eigenvalue weighted by Crippen LogP contribution is -2.44. The number of rotatable bonds is 2. The molecule has 0 bridgehead atoms. The first-order valence-corrected chi connectivity index (χ1v) is 7.38. The summed E-state index contributed by atoms with van der Waals surface area (Å²) in [6.07, 6.45) is -0.0578. The van der Waals surface area contributed by atoms with E-state index in [1.54, 1.807) is 10.8 Å². The Bertz CT molecular complexity index is 692. The first-order valence-electron chi connectivity index (χ1n) is 6.21. The summed E-state index contributed by atoms with van der Waals surface area (Å²) in [5, 5.41) is 30.7. The molecule has 0 spiro atoms. The highest BCUT2D eigenvalue weighted by atomic mass is 79.9. The lowest BCUT2D eigenvalue weighted by molar-refractivity contribution is -0.0948. The van der Waals surface area contributed by atoms with Gasteiger partial charge in [-0.15, -0.1) is 0 Å². The number of fused-ring (bicyclic) bond motifs is 1. The van der Waals surface area contributed by atoms with E-state index in [0.29, 0.717) is 15.5 Å². The third kappa shape index (κ3) is 2.18. The zero-order valence-electron chi connectivity index (χ0n) is 10.9. The van der Waals surface area contributed by atoms with Gasteiger partial charge in [0.05, 0.1) is 12.0 Å². The Morgan fingerprint density at radius 2 is 2.24 bits per heavy atom. The minimum atomic E-state index is -1.59. The number of hydrogen-bond acceptors (Lipinski definition) is 6. The average molecular weight is 379 g/mol. The number of ether oxygens (including phenoxy) is 1. The molecule has 2 aromatic heterocycles. The first-order chi connectivity index (χ1) is 9.87. The second-order valence-corrected chi connectivity index (χ2v) is 6.34. The zero-order chi connectivity index (χ0) is 15.4. The van der Waals surface area contributed by atoms with Crippen LogP contribution in [0.25, 0.3) is 11.0 Å². The standard InChI is InChI=1S/C12H13BrClN3O4/c1-12(20)8(19)6(3-18)21-11(12)17-2-5(13)7-9(14)15-4-16-10(7)17/h2,4,6,8,11,18-20H,3H2,1H3. The van der Waals surface area contributed by atoms with E-state index in [9.17, 15) is 15.3 Å². The maximum Gasteiger partial charge on any atom is 0.167 e. The van der Waals surface area contributed by atoms with E-state index in [1.807, 2.05) is 0 Å². The summed E-state index contributed by atoms with van der Waals surface area (Å²) >= 11 is 9.42. The molecule has 1 fully saturated rings. The van der Waals surface area contributed by atoms with Crippen molar-refractivity contribution in [3.8, 4) is 0 Å². The SMILES string of the molecule is CC1(O)C(O)C(CO)OC1n1cc(Br)c2c(Cl)ncnc21. The van der Waals surface area contributed by atoms with Gasteiger partial charge in [-0.05, 0) is 22.9 Å². The van der Waals surface area contributed by atoms with E-state index in [1.165, 1.54) is 13.3 Å². The highest BCUT2D eigenvalue weighted by Crippen LogP contribution is 2.41. The molecule has 4 unspecified atom stereocenters. The van der Waals surface area contributed by atoms with Gasteiger partial charge in [0.15, 0.2) is 6.23 Å². The van der Waals surface area contributed by atoms with Crippen molar-refractivity contribution in [2.75, 3.05) is 6.61 Å². The molecule has 0 radical (unpaired) electrons. The van der Waals surface area contributed by atoms with Gasteiger partial charge in [0, 0.05) is 10.7 Å². The van der Waals surface area contributed by atoms with Gasteiger partial charge in [-0.25, -0.2) is 9.97 Å². The van der Waals surface area contributed by atoms with Crippen LogP contribution in [0.3, 0.4) is 0 Å². The topological polar surface area (TPSA) is 101 Å². The normalized spacial score (nSPS) is 33.0. The minimum Gasteiger partial charge on any atom is -0.394 e. The molecule has 2 aromatic rings. The van der Waals surface area contributed by atoms with Gasteiger partial charge in [0.25, 0.3) is 0 Å². The van der Waals surface area contributed by atoms with E-state index in [2.05, 4.69) is 25.9 Å². The Kier molecular flexibility index (Phi) is 3.71. The van der Waals surface area contributed by atoms with E-state index < -0.39 is 30.6 Å². The molecule has 9 heteroatoms. The predicted octanol–water partition coefficient (Wildman–Crippen LogP) is 0.849. The van der Waals surface area contributed by atoms with Crippen LogP contribution in [0.4, 0.5) is 0 Å². The van der Waals surface area contributed by atoms with Crippen LogP contribution in [0.5, 0.6) is 0 Å². The van der Waals surface area contributed by atoms with Gasteiger partial charge >= 0.3 is 0 Å². The number of hydrogen-bond donors (Lipinski definition) is 3. The number of nitrogens with zero attached hydrogens (tertiary/aromatic N) is 3. The summed E-state index contributed by atoms with van der Waals surface area (Å²) in [5.41, 5.74) is -1.13. The molecule has 0 aromatic carbocycles. The van der Waals surface area contributed by atoms with Gasteiger partial charge in [0.2, 0.25) is 0 Å². The van der Waals surface area contributed by atoms with Crippen LogP contribution in [0.2, 0.25) is 5.15 Å². The summed E-state index contributed by atoms with van der Waals surface area (Å²) in [6.45, 7) is 1.05. The first kappa shape index (κ1) is 15.1. The molecule has 3 N–H and O–H groups in total. The van der Waals surface area contributed by atoms with E-state index in [4.69, 9.17) is 16.3 Å². The van der Waals surface area contributed by atoms with Crippen LogP contribution in [0, 0.1) is 0 Å². The van der Waals surface area contributed by atoms with Gasteiger partial charge in [0.1, 0.15) is 34.9 Å². The quantitative estimate of drug-likeness (QED) is 0.670. The fraction of sp³-hybridized carbons (Fsp3) is 0.500. The van der Waals surface area contributed by atoms with Crippen LogP contribution >= 0.6 is 27.5 Å². The van der Waals surface area contributed by atoms with Crippen molar-refractivity contribution < 1.29 is 20.1 Å². The van der Waals surface area contributed by atoms with Crippen molar-refractivity contribution in [1.29, 1.82) is 0 Å². The lowest BCUT2D eigenvalue weighted by Gasteiger charge is -2.27. The van der Waals surface area contributed by atoms with Crippen LogP contribution < -0.4 is 0 Å². The highest BCUT2D eigenvalue weighted by molar-refractivity contribution is 9.10. The fourth-order valence-electron chi connectivity index (χ4n) is 2.57. The highest BCUT2D eigenvalue weighted by Gasteiger charge is 2.53. The third-order valence-electron chi connectivity index (χ3n) is 3.70. The summed E-state index contributed by atoms with van der Waals surface area (Å²) in [7, 11) is 0. The molecule has 1 aliphatic heterocycles. The van der Waals surface area contributed by atoms with Gasteiger partial charge in [-0.3, -0.25) is 0 Å². The van der Waals surface area contributed by atoms with Gasteiger partial charge in [-0.2, -0.15) is 0 Å². The largest absolute Gasteiger partial charge is 0.394 e. The number of aliphatic hydroxyl groups is 3. The molecule has 0 aliphatic carbocycles. The average Bonchev–Trinajstić information content (AvgIpc) is 2.87. The molecule has 4 atom stereocenters. The number of aliphatic hydroxyl groups excluding tert-OH is 2. The third-order valence-corrected chi connectivity index (χ3v) is 4.59. The Hall–Kier alpha value is -0.770. The maximum absolute atomic E-state index is 10.5. The fourth-order valence-corrected chi connectivity index (χ4v) is 3.50. The predicted molar refractivity (Wildman–Crippen MR) is 77.9 cm³/mol. The molecule has 1 aliphatic rings. The summed E-state index contributed by atoms with van der Waals surface area (Å²) < 4.78 is 7.78. The van der Waals surface area contributed by atoms with Crippen molar-refractivity contribution in [3.05, 3.63) is 22.1 Å². The summed E-state index contributed by atoms with van der Waals surface area (Å²) in [5.74, 6) is 0. The smallest absolute Gasteiger partial charge is 0.167 e. The van der Waals surface area contributed by atoms with Crippen molar-refractivity contribution in [2.24, 2.45) is 0 Å². The van der Waals surface area contributed by atoms with Crippen LogP contribution in [0.15, 0.2) is 17.0 Å². The molecule has 21 heavy (non-hydrogen) atoms. The number of halogens is 2. The lowest BCUT2D eigenvalue weighted by atomic mass is 9.96. The molecular formula is C12H13BrClN3O4. The molecule has 1 saturated heterocycles. The molecule has 3 rings (SSSR count). The second kappa shape index (κ2) is 5.15. The molecule has 3 heterocycles. The molecule has 7 nitrogen and oxygen atoms in total. The second-order valence-electron chi connectivity index (χ2n) is 5.13. The molecular weight excluding hydrogens is 366 g/mol. The Balaban J connectivity index is 2.15. The van der Waals surface area contributed by atoms with E-state index >= 15 is 0 Å². The Morgan fingerprint density at radius 1 is 1.52 bits per heavy atom. The van der Waals surface area contributed by atoms with Crippen LogP contribution in [-0.4, -0.2) is 54.3 Å². The van der Waals surface area contributed by atoms with Crippen molar-refractivity contribution in [1.82, 2.24) is 14.5 Å². The Morgan fingerprint density at radius 3 is 2.86 bits per heavy atom. The Labute approximate surface area is 133 Å². The molecule has 0 amide bonds.